The fourth-order valence-electron chi connectivity index (χ4n) is 3.17. The van der Waals surface area contributed by atoms with Crippen molar-refractivity contribution in [3.8, 4) is 0 Å². The lowest BCUT2D eigenvalue weighted by Gasteiger charge is -2.13. The molecular formula is C15H20N2O. The van der Waals surface area contributed by atoms with Gasteiger partial charge in [0, 0.05) is 17.3 Å². The third-order valence-electron chi connectivity index (χ3n) is 4.41. The van der Waals surface area contributed by atoms with Gasteiger partial charge in [0.15, 0.2) is 0 Å². The van der Waals surface area contributed by atoms with E-state index in [1.54, 1.807) is 0 Å². The van der Waals surface area contributed by atoms with E-state index in [2.05, 4.69) is 12.2 Å². The van der Waals surface area contributed by atoms with Crippen LogP contribution in [0, 0.1) is 17.8 Å². The van der Waals surface area contributed by atoms with Gasteiger partial charge in [-0.25, -0.2) is 0 Å². The zero-order valence-electron chi connectivity index (χ0n) is 10.8. The molecule has 0 bridgehead atoms. The van der Waals surface area contributed by atoms with Crippen LogP contribution in [0.2, 0.25) is 0 Å². The normalized spacial score (nSPS) is 28.8. The highest BCUT2D eigenvalue weighted by Crippen LogP contribution is 2.54. The van der Waals surface area contributed by atoms with E-state index in [1.165, 1.54) is 6.42 Å². The molecule has 1 amide bonds. The number of amides is 1. The summed E-state index contributed by atoms with van der Waals surface area (Å²) in [6.45, 7) is 2.08. The molecule has 2 unspecified atom stereocenters. The fraction of sp³-hybridized carbons (Fsp3) is 0.533. The van der Waals surface area contributed by atoms with Crippen LogP contribution in [0.3, 0.4) is 0 Å². The van der Waals surface area contributed by atoms with Crippen LogP contribution in [-0.4, -0.2) is 5.91 Å². The third-order valence-corrected chi connectivity index (χ3v) is 4.41. The second-order valence-corrected chi connectivity index (χ2v) is 5.68. The smallest absolute Gasteiger partial charge is 0.227 e. The highest BCUT2D eigenvalue weighted by molar-refractivity contribution is 5.93. The zero-order valence-corrected chi connectivity index (χ0v) is 10.8. The Hall–Kier alpha value is -1.51. The van der Waals surface area contributed by atoms with Crippen LogP contribution in [0.25, 0.3) is 0 Å². The second-order valence-electron chi connectivity index (χ2n) is 5.68. The molecule has 2 saturated carbocycles. The van der Waals surface area contributed by atoms with Gasteiger partial charge in [-0.15, -0.1) is 0 Å². The van der Waals surface area contributed by atoms with Gasteiger partial charge in [0.25, 0.3) is 0 Å². The van der Waals surface area contributed by atoms with E-state index in [0.717, 1.165) is 48.0 Å². The van der Waals surface area contributed by atoms with Crippen LogP contribution < -0.4 is 11.1 Å². The number of fused-ring (bicyclic) bond motifs is 1. The number of nitrogen functional groups attached to an aromatic ring is 1. The molecule has 2 atom stereocenters. The molecule has 0 aromatic heterocycles. The molecule has 1 aromatic carbocycles. The number of aryl methyl sites for hydroxylation is 1. The van der Waals surface area contributed by atoms with Crippen molar-refractivity contribution in [2.45, 2.75) is 32.6 Å². The predicted octanol–water partition coefficient (Wildman–Crippen LogP) is 2.82. The summed E-state index contributed by atoms with van der Waals surface area (Å²) in [5.74, 6) is 2.08. The molecule has 1 aromatic rings. The highest BCUT2D eigenvalue weighted by Gasteiger charge is 2.47. The molecule has 18 heavy (non-hydrogen) atoms. The summed E-state index contributed by atoms with van der Waals surface area (Å²) in [6.07, 6.45) is 4.44. The van der Waals surface area contributed by atoms with Gasteiger partial charge < -0.3 is 11.1 Å². The van der Waals surface area contributed by atoms with Crippen molar-refractivity contribution in [3.63, 3.8) is 0 Å². The van der Waals surface area contributed by atoms with Gasteiger partial charge >= 0.3 is 0 Å². The second kappa shape index (κ2) is 4.30. The van der Waals surface area contributed by atoms with E-state index in [4.69, 9.17) is 5.73 Å². The van der Waals surface area contributed by atoms with Gasteiger partial charge in [0.05, 0.1) is 0 Å². The van der Waals surface area contributed by atoms with Crippen molar-refractivity contribution in [2.75, 3.05) is 11.1 Å². The fourth-order valence-corrected chi connectivity index (χ4v) is 3.17. The van der Waals surface area contributed by atoms with E-state index in [1.807, 2.05) is 18.2 Å². The Morgan fingerprint density at radius 3 is 2.67 bits per heavy atom. The third kappa shape index (κ3) is 2.09. The molecule has 0 spiro atoms. The number of hydrogen-bond acceptors (Lipinski definition) is 2. The summed E-state index contributed by atoms with van der Waals surface area (Å²) in [6, 6.07) is 5.81. The Bertz CT molecular complexity index is 473. The first-order valence-corrected chi connectivity index (χ1v) is 6.86. The molecule has 0 saturated heterocycles. The Morgan fingerprint density at radius 2 is 2.06 bits per heavy atom. The summed E-state index contributed by atoms with van der Waals surface area (Å²) >= 11 is 0. The number of carbonyl (C=O) groups is 1. The summed E-state index contributed by atoms with van der Waals surface area (Å²) in [7, 11) is 0. The predicted molar refractivity (Wildman–Crippen MR) is 73.2 cm³/mol. The van der Waals surface area contributed by atoms with Crippen LogP contribution in [0.1, 0.15) is 31.7 Å². The number of nitrogens with two attached hydrogens (primary N) is 1. The highest BCUT2D eigenvalue weighted by atomic mass is 16.1. The van der Waals surface area contributed by atoms with E-state index in [-0.39, 0.29) is 11.8 Å². The summed E-state index contributed by atoms with van der Waals surface area (Å²) in [5.41, 5.74) is 8.67. The summed E-state index contributed by atoms with van der Waals surface area (Å²) in [5, 5.41) is 3.00. The van der Waals surface area contributed by atoms with Crippen molar-refractivity contribution >= 4 is 17.3 Å². The first-order valence-electron chi connectivity index (χ1n) is 6.86. The maximum absolute atomic E-state index is 12.1. The van der Waals surface area contributed by atoms with Crippen LogP contribution in [0.15, 0.2) is 18.2 Å². The lowest BCUT2D eigenvalue weighted by Crippen LogP contribution is -2.21. The van der Waals surface area contributed by atoms with E-state index >= 15 is 0 Å². The molecule has 2 fully saturated rings. The Kier molecular flexibility index (Phi) is 2.77. The van der Waals surface area contributed by atoms with Crippen molar-refractivity contribution in [3.05, 3.63) is 23.8 Å². The van der Waals surface area contributed by atoms with Gasteiger partial charge in [-0.05, 0) is 55.2 Å². The minimum atomic E-state index is 0.172. The van der Waals surface area contributed by atoms with Crippen LogP contribution in [0.5, 0.6) is 0 Å². The number of hydrogen-bond donors (Lipinski definition) is 2. The maximum Gasteiger partial charge on any atom is 0.227 e. The molecule has 2 aliphatic carbocycles. The van der Waals surface area contributed by atoms with E-state index in [9.17, 15) is 4.79 Å². The van der Waals surface area contributed by atoms with Gasteiger partial charge in [-0.2, -0.15) is 0 Å². The number of benzene rings is 1. The molecule has 2 aliphatic rings. The van der Waals surface area contributed by atoms with Gasteiger partial charge in [0.2, 0.25) is 5.91 Å². The molecular weight excluding hydrogens is 224 g/mol. The summed E-state index contributed by atoms with van der Waals surface area (Å²) in [4.78, 5) is 12.1. The molecule has 0 radical (unpaired) electrons. The quantitative estimate of drug-likeness (QED) is 0.803. The van der Waals surface area contributed by atoms with Crippen LogP contribution >= 0.6 is 0 Å². The Balaban J connectivity index is 1.65. The van der Waals surface area contributed by atoms with E-state index < -0.39 is 0 Å². The average Bonchev–Trinajstić information content (AvgIpc) is 2.96. The number of anilines is 2. The molecule has 3 rings (SSSR count). The van der Waals surface area contributed by atoms with E-state index in [0.29, 0.717) is 0 Å². The topological polar surface area (TPSA) is 55.1 Å². The molecule has 0 aliphatic heterocycles. The van der Waals surface area contributed by atoms with Gasteiger partial charge in [-0.1, -0.05) is 13.0 Å². The van der Waals surface area contributed by atoms with Crippen LogP contribution in [0.4, 0.5) is 11.4 Å². The number of nitrogens with one attached hydrogen (secondary N) is 1. The molecule has 96 valence electrons. The number of carbonyl (C=O) groups excluding carboxylic acids is 1. The Morgan fingerprint density at radius 1 is 1.33 bits per heavy atom. The van der Waals surface area contributed by atoms with Crippen molar-refractivity contribution in [2.24, 2.45) is 17.8 Å². The standard InChI is InChI=1S/C15H20N2O/c1-2-9-3-4-13(8-14(9)16)17-15(18)12-6-10-5-11(10)7-12/h3-4,8,10-12H,2,5-7,16H2,1H3,(H,17,18). The lowest BCUT2D eigenvalue weighted by molar-refractivity contribution is -0.120. The van der Waals surface area contributed by atoms with Gasteiger partial charge in [-0.3, -0.25) is 4.79 Å². The SMILES string of the molecule is CCc1ccc(NC(=O)C2CC3CC3C2)cc1N. The van der Waals surface area contributed by atoms with Crippen molar-refractivity contribution < 1.29 is 4.79 Å². The average molecular weight is 244 g/mol. The van der Waals surface area contributed by atoms with Crippen LogP contribution in [-0.2, 0) is 11.2 Å². The Labute approximate surface area is 108 Å². The minimum Gasteiger partial charge on any atom is -0.398 e. The molecule has 3 heteroatoms. The zero-order chi connectivity index (χ0) is 12.7. The van der Waals surface area contributed by atoms with Crippen molar-refractivity contribution in [1.82, 2.24) is 0 Å². The lowest BCUT2D eigenvalue weighted by atomic mass is 10.0. The first kappa shape index (κ1) is 11.6. The molecule has 3 N–H and O–H groups in total. The number of rotatable bonds is 3. The largest absolute Gasteiger partial charge is 0.398 e. The first-order chi connectivity index (χ1) is 8.67. The molecule has 3 nitrogen and oxygen atoms in total. The van der Waals surface area contributed by atoms with Gasteiger partial charge in [0.1, 0.15) is 0 Å². The monoisotopic (exact) mass is 244 g/mol. The van der Waals surface area contributed by atoms with Crippen molar-refractivity contribution in [1.29, 1.82) is 0 Å². The summed E-state index contributed by atoms with van der Waals surface area (Å²) < 4.78 is 0. The molecule has 0 heterocycles. The minimum absolute atomic E-state index is 0.172. The maximum atomic E-state index is 12.1.